The Bertz CT molecular complexity index is 1700. The van der Waals surface area contributed by atoms with Gasteiger partial charge < -0.3 is 63.1 Å². The molecular formula is C48H82N4O15. The van der Waals surface area contributed by atoms with Gasteiger partial charge in [-0.25, -0.2) is 0 Å². The Balaban J connectivity index is 1.83. The van der Waals surface area contributed by atoms with Gasteiger partial charge in [-0.15, -0.1) is 0 Å². The van der Waals surface area contributed by atoms with Crippen LogP contribution in [-0.2, 0) is 61.8 Å². The maximum absolute atomic E-state index is 14.6. The zero-order valence-electron chi connectivity index (χ0n) is 42.5. The van der Waals surface area contributed by atoms with E-state index in [9.17, 15) is 34.7 Å². The topological polar surface area (TPSA) is 234 Å². The molecule has 0 aliphatic carbocycles. The highest BCUT2D eigenvalue weighted by molar-refractivity contribution is 5.79. The smallest absolute Gasteiger partial charge is 0.311 e. The first-order valence-electron chi connectivity index (χ1n) is 24.3. The maximum atomic E-state index is 14.6. The molecule has 3 N–H and O–H groups in total. The van der Waals surface area contributed by atoms with Crippen molar-refractivity contribution < 1.29 is 72.0 Å². The summed E-state index contributed by atoms with van der Waals surface area (Å²) in [7, 11) is 3.37. The molecule has 2 bridgehead atoms. The average molecular weight is 955 g/mol. The molecule has 0 spiro atoms. The van der Waals surface area contributed by atoms with E-state index in [1.807, 2.05) is 46.6 Å². The van der Waals surface area contributed by atoms with Crippen LogP contribution in [-0.4, -0.2) is 181 Å². The summed E-state index contributed by atoms with van der Waals surface area (Å²) in [6.45, 7) is 23.2. The van der Waals surface area contributed by atoms with Crippen molar-refractivity contribution in [3.63, 3.8) is 0 Å². The fourth-order valence-corrected chi connectivity index (χ4v) is 10.5. The Morgan fingerprint density at radius 1 is 0.955 bits per heavy atom. The largest absolute Gasteiger partial charge is 0.459 e. The Hall–Kier alpha value is -3.03. The molecule has 19 heteroatoms. The van der Waals surface area contributed by atoms with E-state index in [2.05, 4.69) is 16.3 Å². The molecule has 0 aromatic heterocycles. The molecule has 0 saturated carbocycles. The van der Waals surface area contributed by atoms with Crippen molar-refractivity contribution in [3.05, 3.63) is 0 Å². The van der Waals surface area contributed by atoms with Crippen LogP contribution in [0.25, 0.3) is 0 Å². The van der Waals surface area contributed by atoms with Gasteiger partial charge in [-0.1, -0.05) is 27.7 Å². The van der Waals surface area contributed by atoms with Gasteiger partial charge in [-0.3, -0.25) is 24.1 Å². The van der Waals surface area contributed by atoms with Crippen molar-refractivity contribution in [1.82, 2.24) is 15.1 Å². The quantitative estimate of drug-likeness (QED) is 0.149. The normalized spacial score (nSPS) is 41.1. The fraction of sp³-hybridized carbons (Fsp3) is 0.896. The van der Waals surface area contributed by atoms with E-state index in [0.29, 0.717) is 19.5 Å². The number of nitrogens with zero attached hydrogens (tertiary/aromatic N) is 3. The van der Waals surface area contributed by atoms with Crippen LogP contribution in [0.1, 0.15) is 122 Å². The minimum absolute atomic E-state index is 0.0336. The van der Waals surface area contributed by atoms with Crippen molar-refractivity contribution in [2.24, 2.45) is 17.8 Å². The summed E-state index contributed by atoms with van der Waals surface area (Å²) in [6.07, 6.45) is -8.90. The van der Waals surface area contributed by atoms with Crippen LogP contribution < -0.4 is 5.32 Å². The van der Waals surface area contributed by atoms with Gasteiger partial charge in [-0.05, 0) is 87.9 Å². The molecule has 0 unspecified atom stereocenters. The Kier molecular flexibility index (Phi) is 20.4. The number of hydrogen-bond acceptors (Lipinski definition) is 18. The van der Waals surface area contributed by atoms with Crippen molar-refractivity contribution in [2.75, 3.05) is 46.9 Å². The van der Waals surface area contributed by atoms with Crippen molar-refractivity contribution in [3.8, 4) is 6.07 Å². The van der Waals surface area contributed by atoms with Gasteiger partial charge in [0.15, 0.2) is 24.8 Å². The van der Waals surface area contributed by atoms with Crippen LogP contribution in [0.15, 0.2) is 0 Å². The van der Waals surface area contributed by atoms with E-state index >= 15 is 0 Å². The standard InChI is InChI=1S/C48H82N4O15/c1-15-35-48(12,58)40(55)30(7)50-43(56)33-24-47(11,60-26-33)41(67-45-39(63-32(9)53)34(23-27(4)61-45)51(13)21-18-20-49)28(5)38(29(6)44(57)64-35)66-37-25-46(10,59-14)42(31(8)62-37)65-36(54)19-22-52(16-2)17-3/h27-31,33-35,37-42,45,55,58H,15-19,21-26H2,1-14H3,(H,50,56)/t27-,28+,29-,30-,31+,33+,34+,35-,37+,38+,39-,40-,41-,42+,45+,46-,47-,48-/m1/s1. The number of hydrogen-bond donors (Lipinski definition) is 3. The summed E-state index contributed by atoms with van der Waals surface area (Å²) < 4.78 is 57.9. The van der Waals surface area contributed by atoms with E-state index in [4.69, 9.17) is 42.6 Å². The predicted octanol–water partition coefficient (Wildman–Crippen LogP) is 3.24. The summed E-state index contributed by atoms with van der Waals surface area (Å²) in [4.78, 5) is 58.7. The number of cyclic esters (lactones) is 1. The molecule has 4 aliphatic rings. The first-order chi connectivity index (χ1) is 31.4. The van der Waals surface area contributed by atoms with Gasteiger partial charge in [-0.2, -0.15) is 5.26 Å². The molecule has 4 fully saturated rings. The SMILES string of the molecule is CC[C@H]1OC(=O)[C@H](C)[C@@H](O[C@H]2C[C@@](C)(OC)[C@@H](OC(=O)CCN(CC)CC)[C@H](C)O2)[C@H](C)[C@@H](O[C@@H]2O[C@H](C)C[C@H](N(C)CCC#N)[C@H]2OC(C)=O)[C@@]2(C)C[C@@H](CO2)C(=O)N[C@H](C)[C@@H](O)[C@]1(C)O. The minimum Gasteiger partial charge on any atom is -0.459 e. The van der Waals surface area contributed by atoms with E-state index in [0.717, 1.165) is 13.1 Å². The number of aliphatic hydroxyl groups excluding tert-OH is 1. The molecule has 4 heterocycles. The highest BCUT2D eigenvalue weighted by Crippen LogP contribution is 2.44. The lowest BCUT2D eigenvalue weighted by atomic mass is 9.78. The molecule has 0 radical (unpaired) electrons. The highest BCUT2D eigenvalue weighted by Gasteiger charge is 2.56. The predicted molar refractivity (Wildman–Crippen MR) is 243 cm³/mol. The molecule has 67 heavy (non-hydrogen) atoms. The van der Waals surface area contributed by atoms with Gasteiger partial charge >= 0.3 is 17.9 Å². The number of esters is 3. The zero-order chi connectivity index (χ0) is 50.2. The van der Waals surface area contributed by atoms with E-state index in [-0.39, 0.29) is 38.7 Å². The fourth-order valence-electron chi connectivity index (χ4n) is 10.5. The number of nitriles is 1. The number of likely N-dealkylation sites (N-methyl/N-ethyl adjacent to an activating group) is 1. The third-order valence-electron chi connectivity index (χ3n) is 14.7. The van der Waals surface area contributed by atoms with Crippen molar-refractivity contribution in [2.45, 2.75) is 212 Å². The summed E-state index contributed by atoms with van der Waals surface area (Å²) in [5.41, 5.74) is -4.37. The molecule has 4 rings (SSSR count). The number of fused-ring (bicyclic) bond motifs is 2. The number of carbonyl (C=O) groups is 4. The van der Waals surface area contributed by atoms with E-state index in [1.165, 1.54) is 21.0 Å². The van der Waals surface area contributed by atoms with E-state index in [1.54, 1.807) is 34.6 Å². The third-order valence-corrected chi connectivity index (χ3v) is 14.7. The van der Waals surface area contributed by atoms with Gasteiger partial charge in [0.05, 0.1) is 73.0 Å². The first-order valence-corrected chi connectivity index (χ1v) is 24.3. The zero-order valence-corrected chi connectivity index (χ0v) is 42.5. The first kappa shape index (κ1) is 56.6. The molecular weight excluding hydrogens is 873 g/mol. The molecule has 0 aromatic carbocycles. The molecule has 4 aliphatic heterocycles. The summed E-state index contributed by atoms with van der Waals surface area (Å²) in [5, 5.41) is 35.6. The Labute approximate surface area is 398 Å². The van der Waals surface area contributed by atoms with Crippen LogP contribution in [0.2, 0.25) is 0 Å². The number of aliphatic hydroxyl groups is 2. The molecule has 384 valence electrons. The second kappa shape index (κ2) is 24.2. The lowest BCUT2D eigenvalue weighted by Crippen LogP contribution is -2.61. The number of ether oxygens (including phenoxy) is 9. The highest BCUT2D eigenvalue weighted by atomic mass is 16.7. The average Bonchev–Trinajstić information content (AvgIpc) is 3.69. The number of nitrogens with one attached hydrogen (secondary N) is 1. The van der Waals surface area contributed by atoms with Crippen molar-refractivity contribution >= 4 is 23.8 Å². The lowest BCUT2D eigenvalue weighted by molar-refractivity contribution is -0.319. The monoisotopic (exact) mass is 955 g/mol. The molecule has 19 nitrogen and oxygen atoms in total. The van der Waals surface area contributed by atoms with E-state index < -0.39 is 132 Å². The molecule has 1 amide bonds. The Morgan fingerprint density at radius 2 is 1.63 bits per heavy atom. The second-order valence-corrected chi connectivity index (χ2v) is 19.9. The van der Waals surface area contributed by atoms with Crippen LogP contribution in [0.4, 0.5) is 0 Å². The number of amides is 1. The van der Waals surface area contributed by atoms with Gasteiger partial charge in [0.1, 0.15) is 23.4 Å². The van der Waals surface area contributed by atoms with Gasteiger partial charge in [0, 0.05) is 45.9 Å². The molecule has 0 aromatic rings. The second-order valence-electron chi connectivity index (χ2n) is 19.9. The third kappa shape index (κ3) is 13.6. The number of rotatable bonds is 16. The van der Waals surface area contributed by atoms with Crippen LogP contribution >= 0.6 is 0 Å². The molecule has 4 saturated heterocycles. The van der Waals surface area contributed by atoms with Crippen LogP contribution in [0.5, 0.6) is 0 Å². The number of carbonyl (C=O) groups excluding carboxylic acids is 4. The molecule has 18 atom stereocenters. The van der Waals surface area contributed by atoms with Gasteiger partial charge in [0.2, 0.25) is 5.91 Å². The lowest BCUT2D eigenvalue weighted by Gasteiger charge is -2.49. The summed E-state index contributed by atoms with van der Waals surface area (Å²) in [5.74, 6) is -4.81. The summed E-state index contributed by atoms with van der Waals surface area (Å²) >= 11 is 0. The van der Waals surface area contributed by atoms with Crippen LogP contribution in [0, 0.1) is 29.1 Å². The number of methoxy groups -OCH3 is 1. The maximum Gasteiger partial charge on any atom is 0.311 e. The Morgan fingerprint density at radius 3 is 2.22 bits per heavy atom. The summed E-state index contributed by atoms with van der Waals surface area (Å²) in [6, 6.07) is 0.789. The van der Waals surface area contributed by atoms with Crippen LogP contribution in [0.3, 0.4) is 0 Å². The minimum atomic E-state index is -2.00. The van der Waals surface area contributed by atoms with Crippen molar-refractivity contribution in [1.29, 1.82) is 5.26 Å². The van der Waals surface area contributed by atoms with Gasteiger partial charge in [0.25, 0.3) is 0 Å².